The average molecular weight is 505 g/mol. The molecule has 2 aliphatic heterocycles. The van der Waals surface area contributed by atoms with Crippen LogP contribution in [0.4, 0.5) is 0 Å². The topological polar surface area (TPSA) is 108 Å². The van der Waals surface area contributed by atoms with E-state index in [1.807, 2.05) is 19.1 Å². The molecule has 1 aromatic carbocycles. The molecule has 3 aromatic rings. The number of hydrogen-bond donors (Lipinski definition) is 1. The number of rotatable bonds is 8. The van der Waals surface area contributed by atoms with Crippen LogP contribution in [0, 0.1) is 0 Å². The number of fused-ring (bicyclic) bond motifs is 5. The third kappa shape index (κ3) is 4.13. The highest BCUT2D eigenvalue weighted by Crippen LogP contribution is 2.40. The Hall–Kier alpha value is -3.52. The van der Waals surface area contributed by atoms with Gasteiger partial charge in [0.2, 0.25) is 0 Å². The molecule has 8 nitrogen and oxygen atoms in total. The molecule has 37 heavy (non-hydrogen) atoms. The molecule has 0 saturated heterocycles. The zero-order valence-corrected chi connectivity index (χ0v) is 21.6. The van der Waals surface area contributed by atoms with Crippen molar-refractivity contribution < 1.29 is 24.2 Å². The molecule has 8 heteroatoms. The molecule has 0 radical (unpaired) electrons. The van der Waals surface area contributed by atoms with E-state index in [1.165, 1.54) is 0 Å². The summed E-state index contributed by atoms with van der Waals surface area (Å²) in [6.07, 6.45) is 5.23. The van der Waals surface area contributed by atoms with Gasteiger partial charge in [-0.1, -0.05) is 40.0 Å². The van der Waals surface area contributed by atoms with Crippen LogP contribution in [0.15, 0.2) is 29.1 Å². The fourth-order valence-electron chi connectivity index (χ4n) is 5.49. The Morgan fingerprint density at radius 3 is 2.68 bits per heavy atom. The van der Waals surface area contributed by atoms with Crippen molar-refractivity contribution in [3.63, 3.8) is 0 Å². The third-order valence-corrected chi connectivity index (χ3v) is 7.60. The predicted molar refractivity (Wildman–Crippen MR) is 138 cm³/mol. The zero-order valence-electron chi connectivity index (χ0n) is 21.6. The summed E-state index contributed by atoms with van der Waals surface area (Å²) in [6, 6.07) is 7.14. The smallest absolute Gasteiger partial charge is 0.343 e. The lowest BCUT2D eigenvalue weighted by atomic mass is 9.86. The van der Waals surface area contributed by atoms with Gasteiger partial charge in [-0.15, -0.1) is 0 Å². The minimum Gasteiger partial charge on any atom is -0.458 e. The number of carbonyl (C=O) groups is 2. The predicted octanol–water partition coefficient (Wildman–Crippen LogP) is 4.52. The second kappa shape index (κ2) is 9.74. The van der Waals surface area contributed by atoms with Crippen LogP contribution >= 0.6 is 0 Å². The summed E-state index contributed by atoms with van der Waals surface area (Å²) in [4.78, 5) is 43.1. The average Bonchev–Trinajstić information content (AvgIpc) is 3.26. The molecular weight excluding hydrogens is 472 g/mol. The van der Waals surface area contributed by atoms with E-state index in [0.717, 1.165) is 47.7 Å². The van der Waals surface area contributed by atoms with Gasteiger partial charge in [-0.3, -0.25) is 9.59 Å². The van der Waals surface area contributed by atoms with E-state index in [2.05, 4.69) is 6.92 Å². The number of benzene rings is 1. The molecule has 0 spiro atoms. The van der Waals surface area contributed by atoms with Gasteiger partial charge >= 0.3 is 11.9 Å². The van der Waals surface area contributed by atoms with Crippen molar-refractivity contribution in [2.24, 2.45) is 0 Å². The minimum atomic E-state index is -1.86. The number of ether oxygens (including phenoxy) is 2. The molecule has 1 atom stereocenters. The fourth-order valence-corrected chi connectivity index (χ4v) is 5.49. The fraction of sp³-hybridized carbons (Fsp3) is 0.448. The van der Waals surface area contributed by atoms with Crippen molar-refractivity contribution in [3.8, 4) is 17.1 Å². The summed E-state index contributed by atoms with van der Waals surface area (Å²) < 4.78 is 12.4. The first-order chi connectivity index (χ1) is 17.8. The largest absolute Gasteiger partial charge is 0.458 e. The molecule has 4 heterocycles. The van der Waals surface area contributed by atoms with E-state index in [-0.39, 0.29) is 24.6 Å². The molecule has 194 valence electrons. The Bertz CT molecular complexity index is 1470. The number of nitrogens with zero attached hydrogens (tertiary/aromatic N) is 2. The van der Waals surface area contributed by atoms with Gasteiger partial charge in [0.05, 0.1) is 29.0 Å². The van der Waals surface area contributed by atoms with Crippen LogP contribution in [0.1, 0.15) is 81.5 Å². The van der Waals surface area contributed by atoms with Crippen molar-refractivity contribution in [1.29, 1.82) is 0 Å². The summed E-state index contributed by atoms with van der Waals surface area (Å²) in [5, 5.41) is 12.0. The third-order valence-electron chi connectivity index (χ3n) is 7.60. The van der Waals surface area contributed by atoms with Gasteiger partial charge in [0.1, 0.15) is 12.4 Å². The van der Waals surface area contributed by atoms with Crippen molar-refractivity contribution in [2.45, 2.75) is 84.5 Å². The number of carbonyl (C=O) groups excluding carboxylic acids is 2. The van der Waals surface area contributed by atoms with Crippen LogP contribution < -0.4 is 10.3 Å². The van der Waals surface area contributed by atoms with Gasteiger partial charge < -0.3 is 19.1 Å². The number of hydrogen-bond acceptors (Lipinski definition) is 7. The van der Waals surface area contributed by atoms with Gasteiger partial charge in [-0.05, 0) is 49.1 Å². The number of aliphatic hydroxyl groups is 1. The maximum atomic E-state index is 13.5. The Kier molecular flexibility index (Phi) is 6.62. The zero-order chi connectivity index (χ0) is 26.3. The number of esters is 2. The molecule has 5 rings (SSSR count). The highest BCUT2D eigenvalue weighted by molar-refractivity contribution is 5.90. The Morgan fingerprint density at radius 1 is 1.14 bits per heavy atom. The minimum absolute atomic E-state index is 0.0973. The Labute approximate surface area is 215 Å². The highest BCUT2D eigenvalue weighted by atomic mass is 16.6. The van der Waals surface area contributed by atoms with Crippen LogP contribution in [0.3, 0.4) is 0 Å². The van der Waals surface area contributed by atoms with Crippen molar-refractivity contribution in [1.82, 2.24) is 9.55 Å². The van der Waals surface area contributed by atoms with Crippen LogP contribution in [-0.4, -0.2) is 26.6 Å². The molecule has 1 N–H and O–H groups in total. The molecule has 2 aliphatic rings. The molecule has 0 amide bonds. The van der Waals surface area contributed by atoms with Crippen LogP contribution in [0.2, 0.25) is 0 Å². The summed E-state index contributed by atoms with van der Waals surface area (Å²) in [7, 11) is 0. The van der Waals surface area contributed by atoms with Gasteiger partial charge in [0.15, 0.2) is 5.60 Å². The molecule has 0 saturated carbocycles. The first-order valence-corrected chi connectivity index (χ1v) is 13.2. The van der Waals surface area contributed by atoms with E-state index in [4.69, 9.17) is 14.5 Å². The lowest BCUT2D eigenvalue weighted by molar-refractivity contribution is -0.172. The van der Waals surface area contributed by atoms with Gasteiger partial charge in [0.25, 0.3) is 5.56 Å². The normalized spacial score (nSPS) is 17.8. The van der Waals surface area contributed by atoms with Crippen LogP contribution in [-0.2, 0) is 39.5 Å². The number of unbranched alkanes of at least 4 members (excludes halogenated alkanes) is 3. The van der Waals surface area contributed by atoms with E-state index in [9.17, 15) is 19.5 Å². The first kappa shape index (κ1) is 25.1. The summed E-state index contributed by atoms with van der Waals surface area (Å²) in [5.74, 6) is -0.498. The molecule has 2 aromatic heterocycles. The lowest BCUT2D eigenvalue weighted by Crippen LogP contribution is -2.44. The molecule has 0 unspecified atom stereocenters. The van der Waals surface area contributed by atoms with Crippen LogP contribution in [0.5, 0.6) is 5.75 Å². The maximum absolute atomic E-state index is 13.5. The summed E-state index contributed by atoms with van der Waals surface area (Å²) in [6.45, 7) is 6.04. The van der Waals surface area contributed by atoms with E-state index >= 15 is 0 Å². The molecule has 0 bridgehead atoms. The number of aromatic nitrogens is 2. The van der Waals surface area contributed by atoms with Crippen molar-refractivity contribution >= 4 is 22.8 Å². The summed E-state index contributed by atoms with van der Waals surface area (Å²) >= 11 is 0. The summed E-state index contributed by atoms with van der Waals surface area (Å²) in [5.41, 5.74) is 2.39. The van der Waals surface area contributed by atoms with E-state index < -0.39 is 11.6 Å². The Balaban J connectivity index is 1.55. The monoisotopic (exact) mass is 504 g/mol. The Morgan fingerprint density at radius 2 is 1.95 bits per heavy atom. The lowest BCUT2D eigenvalue weighted by Gasteiger charge is -2.31. The number of aryl methyl sites for hydroxylation is 1. The SMILES string of the molecule is CCCCCCC(=O)Oc1ccc2nc3c(c(CC)c2c1)Cn1c-3cc2c(c1=O)COC(=O)[C@]2(O)CC. The highest BCUT2D eigenvalue weighted by Gasteiger charge is 2.45. The second-order valence-corrected chi connectivity index (χ2v) is 9.84. The molecule has 0 aliphatic carbocycles. The van der Waals surface area contributed by atoms with E-state index in [1.54, 1.807) is 23.6 Å². The molecular formula is C29H32N2O6. The quantitative estimate of drug-likeness (QED) is 0.214. The number of pyridine rings is 2. The van der Waals surface area contributed by atoms with Crippen LogP contribution in [0.25, 0.3) is 22.3 Å². The van der Waals surface area contributed by atoms with Gasteiger partial charge in [-0.25, -0.2) is 9.78 Å². The van der Waals surface area contributed by atoms with E-state index in [0.29, 0.717) is 47.7 Å². The van der Waals surface area contributed by atoms with Gasteiger partial charge in [0, 0.05) is 22.9 Å². The molecule has 0 fully saturated rings. The van der Waals surface area contributed by atoms with Crippen molar-refractivity contribution in [2.75, 3.05) is 0 Å². The van der Waals surface area contributed by atoms with Crippen molar-refractivity contribution in [3.05, 3.63) is 56.9 Å². The second-order valence-electron chi connectivity index (χ2n) is 9.84. The van der Waals surface area contributed by atoms with Gasteiger partial charge in [-0.2, -0.15) is 0 Å². The number of cyclic esters (lactones) is 1. The maximum Gasteiger partial charge on any atom is 0.343 e. The standard InChI is InChI=1S/C29H32N2O6/c1-4-7-8-9-10-25(32)37-17-11-12-23-19(13-17)18(5-2)20-15-31-24(26(20)30-23)14-22-21(27(31)33)16-36-28(34)29(22,35)6-3/h11-14,35H,4-10,15-16H2,1-3H3/t29-/m0/s1. The first-order valence-electron chi connectivity index (χ1n) is 13.2.